The summed E-state index contributed by atoms with van der Waals surface area (Å²) >= 11 is 6.41. The molecule has 1 aliphatic heterocycles. The van der Waals surface area contributed by atoms with Crippen molar-refractivity contribution in [2.45, 2.75) is 137 Å². The summed E-state index contributed by atoms with van der Waals surface area (Å²) in [6.07, 6.45) is 8.22. The molecule has 3 amide bonds. The largest absolute Gasteiger partial charge is 0.444 e. The number of carbonyl (C=O) groups excluding carboxylic acids is 3. The minimum absolute atomic E-state index is 0.130. The van der Waals surface area contributed by atoms with Crippen molar-refractivity contribution in [3.05, 3.63) is 40.3 Å². The van der Waals surface area contributed by atoms with E-state index in [1.54, 1.807) is 27.0 Å². The summed E-state index contributed by atoms with van der Waals surface area (Å²) in [5, 5.41) is 9.29. The van der Waals surface area contributed by atoms with E-state index in [0.29, 0.717) is 41.7 Å². The fourth-order valence-electron chi connectivity index (χ4n) is 5.49. The second-order valence-electron chi connectivity index (χ2n) is 14.8. The van der Waals surface area contributed by atoms with E-state index < -0.39 is 28.9 Å². The first-order valence-electron chi connectivity index (χ1n) is 17.6. The van der Waals surface area contributed by atoms with Crippen LogP contribution in [0.1, 0.15) is 111 Å². The normalized spacial score (nSPS) is 17.5. The maximum absolute atomic E-state index is 13.2. The monoisotopic (exact) mass is 713 g/mol. The van der Waals surface area contributed by atoms with Gasteiger partial charge in [0.05, 0.1) is 12.2 Å². The van der Waals surface area contributed by atoms with Crippen LogP contribution < -0.4 is 20.9 Å². The molecule has 1 aromatic carbocycles. The van der Waals surface area contributed by atoms with Crippen LogP contribution >= 0.6 is 11.6 Å². The summed E-state index contributed by atoms with van der Waals surface area (Å²) in [4.78, 5) is 52.2. The molecule has 2 fully saturated rings. The van der Waals surface area contributed by atoms with Gasteiger partial charge >= 0.3 is 12.2 Å². The van der Waals surface area contributed by atoms with E-state index in [1.807, 2.05) is 39.8 Å². The van der Waals surface area contributed by atoms with Gasteiger partial charge in [-0.3, -0.25) is 15.1 Å². The number of aromatic nitrogens is 2. The number of aliphatic imine (C=N–C) groups is 1. The molecule has 12 nitrogen and oxygen atoms in total. The van der Waals surface area contributed by atoms with Gasteiger partial charge in [-0.1, -0.05) is 38.8 Å². The average Bonchev–Trinajstić information content (AvgIpc) is 3.72. The Hall–Kier alpha value is -3.93. The lowest BCUT2D eigenvalue weighted by Gasteiger charge is -2.32. The third-order valence-electron chi connectivity index (χ3n) is 7.98. The van der Waals surface area contributed by atoms with Crippen LogP contribution in [0.4, 0.5) is 26.8 Å². The number of ether oxygens (including phenoxy) is 2. The van der Waals surface area contributed by atoms with E-state index in [0.717, 1.165) is 44.2 Å². The molecule has 2 heterocycles. The van der Waals surface area contributed by atoms with E-state index >= 15 is 0 Å². The molecule has 50 heavy (non-hydrogen) atoms. The SMILES string of the molecule is CCCC=Nc1c(C)ncnc1NC(=O)OC(C)(C)C.CCc1cc(Cl)cc(N2CC[C@](NC(=O)OC(C)(C)C)(C(=O)NC3CC3)C2)c1CC. The Morgan fingerprint density at radius 3 is 2.26 bits per heavy atom. The number of aryl methyl sites for hydroxylation is 2. The van der Waals surface area contributed by atoms with Gasteiger partial charge in [0.15, 0.2) is 5.82 Å². The lowest BCUT2D eigenvalue weighted by molar-refractivity contribution is -0.127. The molecule has 1 saturated heterocycles. The molecule has 13 heteroatoms. The lowest BCUT2D eigenvalue weighted by atomic mass is 9.97. The molecule has 3 N–H and O–H groups in total. The van der Waals surface area contributed by atoms with Gasteiger partial charge < -0.3 is 25.0 Å². The third kappa shape index (κ3) is 12.1. The molecule has 4 rings (SSSR count). The fraction of sp³-hybridized carbons (Fsp3) is 0.622. The Balaban J connectivity index is 0.000000295. The number of alkyl carbamates (subject to hydrolysis) is 1. The minimum atomic E-state index is -1.02. The molecule has 1 aliphatic carbocycles. The number of nitrogens with one attached hydrogen (secondary N) is 3. The quantitative estimate of drug-likeness (QED) is 0.211. The topological polar surface area (TPSA) is 147 Å². The highest BCUT2D eigenvalue weighted by molar-refractivity contribution is 6.31. The Bertz CT molecular complexity index is 1530. The van der Waals surface area contributed by atoms with Gasteiger partial charge in [-0.2, -0.15) is 0 Å². The highest BCUT2D eigenvalue weighted by Crippen LogP contribution is 2.35. The molecule has 1 atom stereocenters. The van der Waals surface area contributed by atoms with Gasteiger partial charge in [-0.25, -0.2) is 19.6 Å². The first-order chi connectivity index (χ1) is 23.4. The number of unbranched alkanes of at least 4 members (excludes halogenated alkanes) is 1. The molecule has 1 saturated carbocycles. The molecule has 0 radical (unpaired) electrons. The van der Waals surface area contributed by atoms with Crippen LogP contribution in [0, 0.1) is 6.92 Å². The predicted molar refractivity (Wildman–Crippen MR) is 200 cm³/mol. The van der Waals surface area contributed by atoms with Crippen LogP contribution in [-0.2, 0) is 27.1 Å². The maximum Gasteiger partial charge on any atom is 0.413 e. The predicted octanol–water partition coefficient (Wildman–Crippen LogP) is 7.85. The summed E-state index contributed by atoms with van der Waals surface area (Å²) in [6.45, 7) is 20.0. The number of hydrogen-bond acceptors (Lipinski definition) is 9. The Morgan fingerprint density at radius 1 is 1.02 bits per heavy atom. The minimum Gasteiger partial charge on any atom is -0.444 e. The summed E-state index contributed by atoms with van der Waals surface area (Å²) < 4.78 is 10.7. The Labute approximate surface area is 302 Å². The highest BCUT2D eigenvalue weighted by atomic mass is 35.5. The summed E-state index contributed by atoms with van der Waals surface area (Å²) in [5.41, 5.74) is 2.58. The second-order valence-corrected chi connectivity index (χ2v) is 15.2. The molecular formula is C37H56ClN7O5. The van der Waals surface area contributed by atoms with Crippen molar-refractivity contribution in [2.24, 2.45) is 4.99 Å². The molecule has 0 spiro atoms. The van der Waals surface area contributed by atoms with Crippen molar-refractivity contribution < 1.29 is 23.9 Å². The highest BCUT2D eigenvalue weighted by Gasteiger charge is 2.48. The number of amides is 3. The molecule has 2 aromatic rings. The molecule has 0 bridgehead atoms. The van der Waals surface area contributed by atoms with Crippen LogP contribution in [0.2, 0.25) is 5.02 Å². The van der Waals surface area contributed by atoms with E-state index in [9.17, 15) is 14.4 Å². The summed E-state index contributed by atoms with van der Waals surface area (Å²) in [7, 11) is 0. The van der Waals surface area contributed by atoms with Crippen LogP contribution in [0.25, 0.3) is 0 Å². The number of nitrogens with zero attached hydrogens (tertiary/aromatic N) is 4. The zero-order valence-corrected chi connectivity index (χ0v) is 32.2. The number of hydrogen-bond donors (Lipinski definition) is 3. The van der Waals surface area contributed by atoms with Gasteiger partial charge in [0, 0.05) is 29.5 Å². The van der Waals surface area contributed by atoms with Crippen LogP contribution in [0.5, 0.6) is 0 Å². The van der Waals surface area contributed by atoms with Crippen molar-refractivity contribution in [3.63, 3.8) is 0 Å². The Morgan fingerprint density at radius 2 is 1.68 bits per heavy atom. The summed E-state index contributed by atoms with van der Waals surface area (Å²) in [5.74, 6) is 0.230. The number of anilines is 2. The van der Waals surface area contributed by atoms with Crippen molar-refractivity contribution in [3.8, 4) is 0 Å². The van der Waals surface area contributed by atoms with Gasteiger partial charge in [0.25, 0.3) is 0 Å². The van der Waals surface area contributed by atoms with Crippen LogP contribution in [0.3, 0.4) is 0 Å². The Kier molecular flexibility index (Phi) is 14.0. The molecule has 276 valence electrons. The van der Waals surface area contributed by atoms with E-state index in [4.69, 9.17) is 21.1 Å². The van der Waals surface area contributed by atoms with Gasteiger partial charge in [-0.15, -0.1) is 0 Å². The van der Waals surface area contributed by atoms with Gasteiger partial charge in [-0.05, 0) is 110 Å². The summed E-state index contributed by atoms with van der Waals surface area (Å²) in [6, 6.07) is 4.21. The van der Waals surface area contributed by atoms with Gasteiger partial charge in [0.2, 0.25) is 5.91 Å². The van der Waals surface area contributed by atoms with Crippen molar-refractivity contribution >= 4 is 53.1 Å². The standard InChI is InChI=1S/C23H34ClN3O3.C14H22N4O2/c1-6-15-12-16(24)13-19(18(15)7-2)27-11-10-23(14-27,20(28)25-17-8-9-17)26-21(29)30-22(3,4)5;1-6-7-8-15-11-10(2)16-9-17-12(11)18-13(19)20-14(3,4)5/h12-13,17H,6-11,14H2,1-5H3,(H,25,28)(H,26,29);8-9H,6-7H2,1-5H3,(H,16,17,18,19)/t23-;/m1./s1. The third-order valence-corrected chi connectivity index (χ3v) is 8.20. The van der Waals surface area contributed by atoms with Crippen molar-refractivity contribution in [2.75, 3.05) is 23.3 Å². The van der Waals surface area contributed by atoms with E-state index in [1.165, 1.54) is 17.5 Å². The van der Waals surface area contributed by atoms with Gasteiger partial charge in [0.1, 0.15) is 28.8 Å². The van der Waals surface area contributed by atoms with Crippen LogP contribution in [-0.4, -0.2) is 70.1 Å². The molecular weight excluding hydrogens is 658 g/mol. The fourth-order valence-corrected chi connectivity index (χ4v) is 5.73. The molecule has 1 aromatic heterocycles. The van der Waals surface area contributed by atoms with Crippen molar-refractivity contribution in [1.82, 2.24) is 20.6 Å². The lowest BCUT2D eigenvalue weighted by Crippen LogP contribution is -2.61. The number of halogens is 1. The zero-order valence-electron chi connectivity index (χ0n) is 31.5. The maximum atomic E-state index is 13.2. The average molecular weight is 714 g/mol. The number of rotatable bonds is 10. The number of benzene rings is 1. The van der Waals surface area contributed by atoms with E-state index in [-0.39, 0.29) is 11.9 Å². The first-order valence-corrected chi connectivity index (χ1v) is 18.0. The first kappa shape index (κ1) is 40.5. The second kappa shape index (κ2) is 17.3. The van der Waals surface area contributed by atoms with Crippen LogP contribution in [0.15, 0.2) is 23.5 Å². The number of carbonyl (C=O) groups is 3. The zero-order chi connectivity index (χ0) is 37.3. The smallest absolute Gasteiger partial charge is 0.413 e. The molecule has 2 aliphatic rings. The van der Waals surface area contributed by atoms with Crippen molar-refractivity contribution in [1.29, 1.82) is 0 Å². The van der Waals surface area contributed by atoms with E-state index in [2.05, 4.69) is 56.6 Å². The molecule has 0 unspecified atom stereocenters.